The van der Waals surface area contributed by atoms with E-state index in [0.717, 1.165) is 10.6 Å². The van der Waals surface area contributed by atoms with Gasteiger partial charge in [-0.3, -0.25) is 9.78 Å². The number of amides is 1. The molecule has 1 unspecified atom stereocenters. The number of hydrogen-bond acceptors (Lipinski definition) is 4. The third-order valence-electron chi connectivity index (χ3n) is 3.91. The van der Waals surface area contributed by atoms with Gasteiger partial charge in [0.25, 0.3) is 5.91 Å². The molecule has 1 atom stereocenters. The van der Waals surface area contributed by atoms with Crippen LogP contribution >= 0.6 is 11.8 Å². The third-order valence-corrected chi connectivity index (χ3v) is 5.05. The lowest BCUT2D eigenvalue weighted by atomic mass is 10.2. The first kappa shape index (κ1) is 18.8. The minimum absolute atomic E-state index is 0.100. The summed E-state index contributed by atoms with van der Waals surface area (Å²) in [5.41, 5.74) is 1.77. The summed E-state index contributed by atoms with van der Waals surface area (Å²) >= 11 is 1.24. The Bertz CT molecular complexity index is 995. The van der Waals surface area contributed by atoms with Crippen molar-refractivity contribution in [2.24, 2.45) is 0 Å². The Morgan fingerprint density at radius 2 is 1.93 bits per heavy atom. The normalized spacial score (nSPS) is 11.9. The summed E-state index contributed by atoms with van der Waals surface area (Å²) in [7, 11) is 0. The van der Waals surface area contributed by atoms with Crippen molar-refractivity contribution in [2.45, 2.75) is 17.9 Å². The highest BCUT2D eigenvalue weighted by Gasteiger charge is 2.21. The summed E-state index contributed by atoms with van der Waals surface area (Å²) < 4.78 is 13.6. The molecule has 1 aromatic heterocycles. The second kappa shape index (κ2) is 8.18. The molecule has 0 radical (unpaired) electrons. The van der Waals surface area contributed by atoms with Crippen molar-refractivity contribution in [3.8, 4) is 0 Å². The lowest BCUT2D eigenvalue weighted by Gasteiger charge is -2.15. The SMILES string of the molecule is Cc1cc(SCC(NC(=O)c2ccccc2)C(=O)O)c2cc(F)ccc2n1. The van der Waals surface area contributed by atoms with Crippen LogP contribution in [0.4, 0.5) is 4.39 Å². The highest BCUT2D eigenvalue weighted by molar-refractivity contribution is 7.99. The monoisotopic (exact) mass is 384 g/mol. The molecule has 0 aliphatic heterocycles. The van der Waals surface area contributed by atoms with Gasteiger partial charge in [-0.15, -0.1) is 11.8 Å². The Hall–Kier alpha value is -2.93. The molecular weight excluding hydrogens is 367 g/mol. The van der Waals surface area contributed by atoms with Gasteiger partial charge in [0.2, 0.25) is 0 Å². The van der Waals surface area contributed by atoms with E-state index in [1.807, 2.05) is 6.92 Å². The number of halogens is 1. The maximum atomic E-state index is 13.6. The predicted octanol–water partition coefficient (Wildman–Crippen LogP) is 3.66. The summed E-state index contributed by atoms with van der Waals surface area (Å²) in [6.07, 6.45) is 0. The fourth-order valence-electron chi connectivity index (χ4n) is 2.59. The standard InChI is InChI=1S/C20H17FN2O3S/c1-12-9-18(15-10-14(21)7-8-16(15)22-12)27-11-17(20(25)26)23-19(24)13-5-3-2-4-6-13/h2-10,17H,11H2,1H3,(H,23,24)(H,25,26). The van der Waals surface area contributed by atoms with Crippen molar-refractivity contribution in [2.75, 3.05) is 5.75 Å². The molecule has 0 aliphatic carbocycles. The molecule has 3 aromatic rings. The van der Waals surface area contributed by atoms with Gasteiger partial charge in [0.1, 0.15) is 11.9 Å². The number of aryl methyl sites for hydroxylation is 1. The Morgan fingerprint density at radius 1 is 1.19 bits per heavy atom. The van der Waals surface area contributed by atoms with E-state index in [1.54, 1.807) is 42.5 Å². The summed E-state index contributed by atoms with van der Waals surface area (Å²) in [6.45, 7) is 1.82. The minimum atomic E-state index is -1.13. The number of benzene rings is 2. The predicted molar refractivity (Wildman–Crippen MR) is 102 cm³/mol. The molecule has 7 heteroatoms. The number of carboxylic acids is 1. The molecule has 27 heavy (non-hydrogen) atoms. The van der Waals surface area contributed by atoms with E-state index in [0.29, 0.717) is 16.5 Å². The van der Waals surface area contributed by atoms with Crippen molar-refractivity contribution in [1.29, 1.82) is 0 Å². The molecule has 0 aliphatic rings. The molecule has 0 saturated carbocycles. The van der Waals surface area contributed by atoms with E-state index < -0.39 is 17.9 Å². The van der Waals surface area contributed by atoms with Crippen molar-refractivity contribution in [3.05, 3.63) is 71.7 Å². The molecule has 2 N–H and O–H groups in total. The first-order valence-corrected chi connectivity index (χ1v) is 9.21. The number of carboxylic acid groups (broad SMARTS) is 1. The lowest BCUT2D eigenvalue weighted by molar-refractivity contribution is -0.138. The Morgan fingerprint density at radius 3 is 2.63 bits per heavy atom. The van der Waals surface area contributed by atoms with Crippen molar-refractivity contribution in [3.63, 3.8) is 0 Å². The van der Waals surface area contributed by atoms with Gasteiger partial charge in [-0.2, -0.15) is 0 Å². The number of nitrogens with one attached hydrogen (secondary N) is 1. The van der Waals surface area contributed by atoms with E-state index in [9.17, 15) is 19.1 Å². The van der Waals surface area contributed by atoms with Crippen LogP contribution in [0.1, 0.15) is 16.1 Å². The highest BCUT2D eigenvalue weighted by Crippen LogP contribution is 2.29. The molecule has 3 rings (SSSR count). The first-order chi connectivity index (χ1) is 12.9. The van der Waals surface area contributed by atoms with E-state index in [4.69, 9.17) is 0 Å². The minimum Gasteiger partial charge on any atom is -0.480 e. The smallest absolute Gasteiger partial charge is 0.327 e. The summed E-state index contributed by atoms with van der Waals surface area (Å²) in [5.74, 6) is -1.87. The van der Waals surface area contributed by atoms with E-state index in [1.165, 1.54) is 23.9 Å². The van der Waals surface area contributed by atoms with E-state index in [-0.39, 0.29) is 11.6 Å². The van der Waals surface area contributed by atoms with Gasteiger partial charge in [-0.05, 0) is 43.3 Å². The topological polar surface area (TPSA) is 79.3 Å². The lowest BCUT2D eigenvalue weighted by Crippen LogP contribution is -2.42. The van der Waals surface area contributed by atoms with Gasteiger partial charge >= 0.3 is 5.97 Å². The number of aliphatic carboxylic acids is 1. The summed E-state index contributed by atoms with van der Waals surface area (Å²) in [5, 5.41) is 12.6. The third kappa shape index (κ3) is 4.62. The molecular formula is C20H17FN2O3S. The van der Waals surface area contributed by atoms with E-state index in [2.05, 4.69) is 10.3 Å². The molecule has 0 fully saturated rings. The van der Waals surface area contributed by atoms with E-state index >= 15 is 0 Å². The van der Waals surface area contributed by atoms with Crippen LogP contribution < -0.4 is 5.32 Å². The molecule has 0 saturated heterocycles. The number of fused-ring (bicyclic) bond motifs is 1. The molecule has 138 valence electrons. The Balaban J connectivity index is 1.79. The maximum Gasteiger partial charge on any atom is 0.327 e. The average Bonchev–Trinajstić information content (AvgIpc) is 2.65. The number of aromatic nitrogens is 1. The zero-order chi connectivity index (χ0) is 19.4. The second-order valence-electron chi connectivity index (χ2n) is 5.96. The highest BCUT2D eigenvalue weighted by atomic mass is 32.2. The van der Waals surface area contributed by atoms with Gasteiger partial charge in [0, 0.05) is 27.3 Å². The molecule has 0 spiro atoms. The number of carbonyl (C=O) groups excluding carboxylic acids is 1. The van der Waals surface area contributed by atoms with Crippen LogP contribution in [0.2, 0.25) is 0 Å². The largest absolute Gasteiger partial charge is 0.480 e. The van der Waals surface area contributed by atoms with Crippen LogP contribution in [0.15, 0.2) is 59.5 Å². The number of rotatable bonds is 6. The van der Waals surface area contributed by atoms with Gasteiger partial charge in [-0.25, -0.2) is 9.18 Å². The molecule has 1 heterocycles. The van der Waals surface area contributed by atoms with Crippen LogP contribution in [-0.2, 0) is 4.79 Å². The van der Waals surface area contributed by atoms with Gasteiger partial charge in [0.05, 0.1) is 5.52 Å². The molecule has 0 bridgehead atoms. The Kier molecular flexibility index (Phi) is 5.71. The molecule has 1 amide bonds. The van der Waals surface area contributed by atoms with Crippen molar-refractivity contribution >= 4 is 34.5 Å². The van der Waals surface area contributed by atoms with Crippen molar-refractivity contribution in [1.82, 2.24) is 10.3 Å². The Labute approximate surface area is 159 Å². The van der Waals surface area contributed by atoms with Crippen LogP contribution in [0.5, 0.6) is 0 Å². The number of carbonyl (C=O) groups is 2. The second-order valence-corrected chi connectivity index (χ2v) is 7.03. The van der Waals surface area contributed by atoms with Crippen LogP contribution in [0, 0.1) is 12.7 Å². The number of nitrogens with zero attached hydrogens (tertiary/aromatic N) is 1. The fraction of sp³-hybridized carbons (Fsp3) is 0.150. The van der Waals surface area contributed by atoms with Gasteiger partial charge in [-0.1, -0.05) is 18.2 Å². The van der Waals surface area contributed by atoms with Crippen molar-refractivity contribution < 1.29 is 19.1 Å². The fourth-order valence-corrected chi connectivity index (χ4v) is 3.74. The van der Waals surface area contributed by atoms with Crippen LogP contribution in [0.25, 0.3) is 10.9 Å². The summed E-state index contributed by atoms with van der Waals surface area (Å²) in [6, 6.07) is 13.4. The number of thioether (sulfide) groups is 1. The molecule has 2 aromatic carbocycles. The number of pyridine rings is 1. The average molecular weight is 384 g/mol. The van der Waals surface area contributed by atoms with Crippen LogP contribution in [-0.4, -0.2) is 33.8 Å². The quantitative estimate of drug-likeness (QED) is 0.634. The maximum absolute atomic E-state index is 13.6. The van der Waals surface area contributed by atoms with Gasteiger partial charge < -0.3 is 10.4 Å². The first-order valence-electron chi connectivity index (χ1n) is 8.22. The zero-order valence-corrected chi connectivity index (χ0v) is 15.3. The van der Waals surface area contributed by atoms with Gasteiger partial charge in [0.15, 0.2) is 0 Å². The molecule has 5 nitrogen and oxygen atoms in total. The number of hydrogen-bond donors (Lipinski definition) is 2. The summed E-state index contributed by atoms with van der Waals surface area (Å²) in [4.78, 5) is 28.9. The van der Waals surface area contributed by atoms with Crippen LogP contribution in [0.3, 0.4) is 0 Å². The zero-order valence-electron chi connectivity index (χ0n) is 14.5.